The van der Waals surface area contributed by atoms with Crippen LogP contribution in [0, 0.1) is 0 Å². The van der Waals surface area contributed by atoms with Gasteiger partial charge in [-0.25, -0.2) is 14.6 Å². The van der Waals surface area contributed by atoms with E-state index in [1.165, 1.54) is 0 Å². The zero-order valence-corrected chi connectivity index (χ0v) is 20.3. The normalized spacial score (nSPS) is 14.7. The van der Waals surface area contributed by atoms with Gasteiger partial charge in [-0.2, -0.15) is 0 Å². The van der Waals surface area contributed by atoms with Gasteiger partial charge in [-0.1, -0.05) is 54.1 Å². The Kier molecular flexibility index (Phi) is 6.75. The van der Waals surface area contributed by atoms with Crippen molar-refractivity contribution < 1.29 is 19.1 Å². The summed E-state index contributed by atoms with van der Waals surface area (Å²) in [5, 5.41) is 0.563. The summed E-state index contributed by atoms with van der Waals surface area (Å²) in [4.78, 5) is 33.4. The molecule has 34 heavy (non-hydrogen) atoms. The quantitative estimate of drug-likeness (QED) is 0.455. The molecule has 0 bridgehead atoms. The van der Waals surface area contributed by atoms with E-state index in [-0.39, 0.29) is 18.8 Å². The third kappa shape index (κ3) is 4.07. The van der Waals surface area contributed by atoms with Gasteiger partial charge < -0.3 is 14.4 Å². The molecule has 7 nitrogen and oxygen atoms in total. The van der Waals surface area contributed by atoms with E-state index < -0.39 is 18.0 Å². The van der Waals surface area contributed by atoms with Gasteiger partial charge in [0.25, 0.3) is 0 Å². The lowest BCUT2D eigenvalue weighted by Crippen LogP contribution is -2.28. The number of nitrogens with zero attached hydrogens (tertiary/aromatic N) is 3. The molecular formula is C26H26ClN3O4. The maximum atomic E-state index is 13.3. The van der Waals surface area contributed by atoms with E-state index in [0.29, 0.717) is 27.9 Å². The lowest BCUT2D eigenvalue weighted by atomic mass is 9.94. The van der Waals surface area contributed by atoms with Crippen molar-refractivity contribution in [1.29, 1.82) is 0 Å². The highest BCUT2D eigenvalue weighted by molar-refractivity contribution is 6.30. The van der Waals surface area contributed by atoms with Crippen LogP contribution in [0.5, 0.6) is 0 Å². The molecule has 0 fully saturated rings. The molecule has 0 N–H and O–H groups in total. The van der Waals surface area contributed by atoms with Crippen LogP contribution in [0.4, 0.5) is 5.95 Å². The van der Waals surface area contributed by atoms with Gasteiger partial charge in [-0.15, -0.1) is 0 Å². The van der Waals surface area contributed by atoms with Crippen molar-refractivity contribution >= 4 is 35.1 Å². The molecule has 1 aromatic heterocycles. The third-order valence-corrected chi connectivity index (χ3v) is 5.77. The summed E-state index contributed by atoms with van der Waals surface area (Å²) in [7, 11) is 3.69. The molecule has 1 atom stereocenters. The van der Waals surface area contributed by atoms with Crippen LogP contribution in [0.1, 0.15) is 31.1 Å². The Hall–Kier alpha value is -3.58. The number of carbonyl (C=O) groups excluding carboxylic acids is 2. The Morgan fingerprint density at radius 3 is 2.21 bits per heavy atom. The molecule has 2 heterocycles. The summed E-state index contributed by atoms with van der Waals surface area (Å²) >= 11 is 6.15. The molecule has 0 aliphatic carbocycles. The molecular weight excluding hydrogens is 454 g/mol. The molecule has 2 aromatic carbocycles. The van der Waals surface area contributed by atoms with Crippen LogP contribution in [-0.2, 0) is 19.1 Å². The average molecular weight is 480 g/mol. The molecule has 1 aliphatic rings. The van der Waals surface area contributed by atoms with E-state index in [4.69, 9.17) is 26.1 Å². The molecule has 8 heteroatoms. The number of rotatable bonds is 7. The molecule has 1 unspecified atom stereocenters. The zero-order chi connectivity index (χ0) is 24.4. The van der Waals surface area contributed by atoms with Gasteiger partial charge in [-0.3, -0.25) is 4.57 Å². The van der Waals surface area contributed by atoms with Crippen molar-refractivity contribution in [2.45, 2.75) is 19.9 Å². The van der Waals surface area contributed by atoms with Crippen LogP contribution in [0.2, 0.25) is 5.02 Å². The number of hydrogen-bond donors (Lipinski definition) is 0. The Morgan fingerprint density at radius 2 is 1.62 bits per heavy atom. The van der Waals surface area contributed by atoms with Crippen molar-refractivity contribution in [2.75, 3.05) is 32.2 Å². The summed E-state index contributed by atoms with van der Waals surface area (Å²) in [6.07, 6.45) is 0. The smallest absolute Gasteiger partial charge is 0.337 e. The predicted octanol–water partition coefficient (Wildman–Crippen LogP) is 4.75. The minimum absolute atomic E-state index is 0.172. The van der Waals surface area contributed by atoms with Gasteiger partial charge in [0, 0.05) is 30.3 Å². The second kappa shape index (κ2) is 9.73. The highest BCUT2D eigenvalue weighted by atomic mass is 35.5. The fraction of sp³-hybridized carbons (Fsp3) is 0.269. The summed E-state index contributed by atoms with van der Waals surface area (Å²) in [6.45, 7) is 3.81. The van der Waals surface area contributed by atoms with Crippen molar-refractivity contribution in [3.05, 3.63) is 76.5 Å². The second-order valence-corrected chi connectivity index (χ2v) is 8.35. The number of aromatic nitrogens is 2. The predicted molar refractivity (Wildman–Crippen MR) is 132 cm³/mol. The lowest BCUT2D eigenvalue weighted by molar-refractivity contribution is -0.149. The van der Waals surface area contributed by atoms with Crippen LogP contribution in [0.3, 0.4) is 0 Å². The molecule has 4 rings (SSSR count). The third-order valence-electron chi connectivity index (χ3n) is 5.52. The Labute approximate surface area is 203 Å². The number of benzene rings is 2. The topological polar surface area (TPSA) is 73.7 Å². The SMILES string of the molecule is CCOC(=O)C1=C(c2ccc(Cl)cc2)c2c(-c3ccccc3)nc(N(C)C)n2C1C(=O)OCC. The molecule has 176 valence electrons. The standard InChI is InChI=1S/C26H26ClN3O4/c1-5-33-24(31)20-19(16-12-14-18(27)15-13-16)22-21(17-10-8-7-9-11-17)28-26(29(3)4)30(22)23(20)25(32)34-6-2/h7-15,23H,5-6H2,1-4H3. The molecule has 0 saturated carbocycles. The fourth-order valence-corrected chi connectivity index (χ4v) is 4.31. The molecule has 0 saturated heterocycles. The van der Waals surface area contributed by atoms with Gasteiger partial charge >= 0.3 is 11.9 Å². The number of halogens is 1. The van der Waals surface area contributed by atoms with Gasteiger partial charge in [-0.05, 0) is 31.5 Å². The van der Waals surface area contributed by atoms with Crippen molar-refractivity contribution in [3.63, 3.8) is 0 Å². The van der Waals surface area contributed by atoms with Gasteiger partial charge in [0.1, 0.15) is 0 Å². The van der Waals surface area contributed by atoms with E-state index in [1.807, 2.05) is 61.5 Å². The highest BCUT2D eigenvalue weighted by Crippen LogP contribution is 2.48. The van der Waals surface area contributed by atoms with E-state index >= 15 is 0 Å². The first-order valence-electron chi connectivity index (χ1n) is 11.1. The fourth-order valence-electron chi connectivity index (χ4n) is 4.19. The lowest BCUT2D eigenvalue weighted by Gasteiger charge is -2.20. The first kappa shape index (κ1) is 23.6. The molecule has 3 aromatic rings. The minimum atomic E-state index is -1.04. The molecule has 1 aliphatic heterocycles. The average Bonchev–Trinajstić information content (AvgIpc) is 3.36. The number of fused-ring (bicyclic) bond motifs is 1. The molecule has 0 spiro atoms. The minimum Gasteiger partial charge on any atom is -0.464 e. The summed E-state index contributed by atoms with van der Waals surface area (Å²) in [5.41, 5.74) is 3.69. The van der Waals surface area contributed by atoms with Crippen molar-refractivity contribution in [2.24, 2.45) is 0 Å². The largest absolute Gasteiger partial charge is 0.464 e. The monoisotopic (exact) mass is 479 g/mol. The number of esters is 2. The highest BCUT2D eigenvalue weighted by Gasteiger charge is 2.46. The maximum absolute atomic E-state index is 13.3. The summed E-state index contributed by atoms with van der Waals surface area (Å²) in [5.74, 6) is -0.591. The number of carbonyl (C=O) groups is 2. The summed E-state index contributed by atoms with van der Waals surface area (Å²) < 4.78 is 12.6. The first-order valence-corrected chi connectivity index (χ1v) is 11.5. The van der Waals surface area contributed by atoms with Gasteiger partial charge in [0.05, 0.1) is 30.2 Å². The summed E-state index contributed by atoms with van der Waals surface area (Å²) in [6, 6.07) is 15.8. The number of hydrogen-bond acceptors (Lipinski definition) is 6. The number of ether oxygens (including phenoxy) is 2. The van der Waals surface area contributed by atoms with Crippen LogP contribution < -0.4 is 4.90 Å². The van der Waals surface area contributed by atoms with Crippen LogP contribution >= 0.6 is 11.6 Å². The Bertz CT molecular complexity index is 1250. The second-order valence-electron chi connectivity index (χ2n) is 7.91. The van der Waals surface area contributed by atoms with Crippen LogP contribution in [0.25, 0.3) is 16.8 Å². The Morgan fingerprint density at radius 1 is 0.971 bits per heavy atom. The van der Waals surface area contributed by atoms with Crippen molar-refractivity contribution in [3.8, 4) is 11.3 Å². The van der Waals surface area contributed by atoms with Gasteiger partial charge in [0.2, 0.25) is 5.95 Å². The van der Waals surface area contributed by atoms with E-state index in [2.05, 4.69) is 0 Å². The number of imidazole rings is 1. The van der Waals surface area contributed by atoms with E-state index in [1.54, 1.807) is 30.5 Å². The number of anilines is 1. The first-order chi connectivity index (χ1) is 16.4. The van der Waals surface area contributed by atoms with Crippen molar-refractivity contribution in [1.82, 2.24) is 9.55 Å². The van der Waals surface area contributed by atoms with E-state index in [0.717, 1.165) is 11.1 Å². The zero-order valence-electron chi connectivity index (χ0n) is 19.5. The van der Waals surface area contributed by atoms with Gasteiger partial charge in [0.15, 0.2) is 6.04 Å². The van der Waals surface area contributed by atoms with E-state index in [9.17, 15) is 9.59 Å². The molecule has 0 radical (unpaired) electrons. The maximum Gasteiger partial charge on any atom is 0.337 e. The van der Waals surface area contributed by atoms with Crippen LogP contribution in [0.15, 0.2) is 60.2 Å². The Balaban J connectivity index is 2.11. The van der Waals surface area contributed by atoms with Crippen LogP contribution in [-0.4, -0.2) is 48.8 Å². The molecule has 0 amide bonds.